The Labute approximate surface area is 292 Å². The minimum Gasteiger partial charge on any atom is -0.366 e. The van der Waals surface area contributed by atoms with E-state index >= 15 is 0 Å². The molecule has 0 N–H and O–H groups in total. The maximum absolute atomic E-state index is 6.76. The second kappa shape index (κ2) is 12.0. The van der Waals surface area contributed by atoms with Crippen LogP contribution in [0.3, 0.4) is 0 Å². The average molecular weight is 642 g/mol. The Morgan fingerprint density at radius 1 is 0.694 bits per heavy atom. The van der Waals surface area contributed by atoms with Gasteiger partial charge in [-0.05, 0) is 115 Å². The Bertz CT molecular complexity index is 1930. The van der Waals surface area contributed by atoms with E-state index in [0.29, 0.717) is 29.8 Å². The van der Waals surface area contributed by atoms with E-state index in [-0.39, 0.29) is 17.6 Å². The van der Waals surface area contributed by atoms with E-state index in [1.165, 1.54) is 45.5 Å². The van der Waals surface area contributed by atoms with E-state index in [1.54, 1.807) is 5.57 Å². The van der Waals surface area contributed by atoms with Gasteiger partial charge in [0, 0.05) is 29.0 Å². The number of anilines is 1. The number of hydrogen-bond donors (Lipinski definition) is 0. The van der Waals surface area contributed by atoms with Crippen LogP contribution in [0.1, 0.15) is 68.9 Å². The van der Waals surface area contributed by atoms with Gasteiger partial charge < -0.3 is 9.64 Å². The van der Waals surface area contributed by atoms with Crippen molar-refractivity contribution in [3.8, 4) is 0 Å². The van der Waals surface area contributed by atoms with Gasteiger partial charge in [0.15, 0.2) is 0 Å². The maximum atomic E-state index is 6.76. The predicted molar refractivity (Wildman–Crippen MR) is 203 cm³/mol. The van der Waals surface area contributed by atoms with Crippen LogP contribution in [-0.4, -0.2) is 24.3 Å². The summed E-state index contributed by atoms with van der Waals surface area (Å²) in [5, 5.41) is 0. The summed E-state index contributed by atoms with van der Waals surface area (Å²) in [4.78, 5) is 2.86. The standard InChI is InChI=1S/C47H47NO/c1-3-16-34(17-4-1)47(35-18-5-2-6-19-35)41-22-11-9-20-38(41)39-29-28-37(31-42(39)47)48(36-27-26-32-14-7-8-15-33(32)30-36)43-23-13-25-45-46(43)40-21-10-12-24-44(40)49-45/h1,3-5,8-10,12-13,15-16,18-21,24-29,31,34,36,40,43-46H,2,6-7,11,14,17,22-23,30H2. The van der Waals surface area contributed by atoms with Crippen molar-refractivity contribution in [2.45, 2.75) is 87.5 Å². The third kappa shape index (κ3) is 4.63. The molecule has 49 heavy (non-hydrogen) atoms. The second-order valence-electron chi connectivity index (χ2n) is 15.4. The third-order valence-electron chi connectivity index (χ3n) is 13.0. The summed E-state index contributed by atoms with van der Waals surface area (Å²) in [6, 6.07) is 8.29. The van der Waals surface area contributed by atoms with Gasteiger partial charge >= 0.3 is 0 Å². The molecule has 0 amide bonds. The highest BCUT2D eigenvalue weighted by Gasteiger charge is 2.52. The molecule has 0 spiro atoms. The maximum Gasteiger partial charge on any atom is 0.0834 e. The van der Waals surface area contributed by atoms with Crippen LogP contribution < -0.4 is 4.90 Å². The fraction of sp³-hybridized carbons (Fsp3) is 0.362. The molecule has 2 nitrogen and oxygen atoms in total. The summed E-state index contributed by atoms with van der Waals surface area (Å²) in [5.74, 6) is 1.20. The fourth-order valence-corrected chi connectivity index (χ4v) is 11.0. The summed E-state index contributed by atoms with van der Waals surface area (Å²) >= 11 is 0. The van der Waals surface area contributed by atoms with Gasteiger partial charge in [0.1, 0.15) is 0 Å². The third-order valence-corrected chi connectivity index (χ3v) is 13.0. The molecule has 10 rings (SSSR count). The van der Waals surface area contributed by atoms with Crippen LogP contribution in [0.4, 0.5) is 5.69 Å². The van der Waals surface area contributed by atoms with E-state index in [2.05, 4.69) is 139 Å². The van der Waals surface area contributed by atoms with Crippen LogP contribution in [0.2, 0.25) is 0 Å². The summed E-state index contributed by atoms with van der Waals surface area (Å²) in [7, 11) is 0. The van der Waals surface area contributed by atoms with Crippen molar-refractivity contribution in [2.24, 2.45) is 17.8 Å². The van der Waals surface area contributed by atoms with Gasteiger partial charge in [-0.3, -0.25) is 0 Å². The number of allylic oxidation sites excluding steroid dienone is 18. The second-order valence-corrected chi connectivity index (χ2v) is 15.4. The molecule has 0 saturated carbocycles. The predicted octanol–water partition coefficient (Wildman–Crippen LogP) is 10.7. The van der Waals surface area contributed by atoms with E-state index in [0.717, 1.165) is 51.4 Å². The monoisotopic (exact) mass is 641 g/mol. The molecule has 8 aliphatic carbocycles. The molecule has 0 aromatic heterocycles. The molecule has 246 valence electrons. The first-order chi connectivity index (χ1) is 24.3. The van der Waals surface area contributed by atoms with Gasteiger partial charge in [0.25, 0.3) is 0 Å². The Morgan fingerprint density at radius 2 is 1.59 bits per heavy atom. The van der Waals surface area contributed by atoms with Crippen LogP contribution in [0.15, 0.2) is 156 Å². The van der Waals surface area contributed by atoms with E-state index < -0.39 is 0 Å². The Balaban J connectivity index is 1.15. The Hall–Kier alpha value is -4.14. The molecule has 2 heteroatoms. The van der Waals surface area contributed by atoms with E-state index in [4.69, 9.17) is 4.74 Å². The zero-order chi connectivity index (χ0) is 32.4. The molecule has 9 aliphatic rings. The van der Waals surface area contributed by atoms with Crippen molar-refractivity contribution in [1.29, 1.82) is 0 Å². The molecule has 8 unspecified atom stereocenters. The van der Waals surface area contributed by atoms with Gasteiger partial charge in [-0.15, -0.1) is 0 Å². The lowest BCUT2D eigenvalue weighted by Gasteiger charge is -2.47. The number of benzene rings is 1. The largest absolute Gasteiger partial charge is 0.366 e. The summed E-state index contributed by atoms with van der Waals surface area (Å²) in [5.41, 5.74) is 11.9. The SMILES string of the molecule is C1=CCC(C2(C3=CCCC=C3)C3=C(C=CCC3)c3ccc(N(C4C=CC5=C(C=CCC5)C4)C4CC=CC5OC6C=CC=CC6C54)cc32)C=C1. The molecule has 0 bridgehead atoms. The molecular weight excluding hydrogens is 595 g/mol. The number of hydrogen-bond acceptors (Lipinski definition) is 2. The van der Waals surface area contributed by atoms with Crippen molar-refractivity contribution < 1.29 is 4.74 Å². The zero-order valence-corrected chi connectivity index (χ0v) is 28.5. The van der Waals surface area contributed by atoms with Crippen LogP contribution in [0, 0.1) is 17.8 Å². The molecule has 1 aromatic rings. The Morgan fingerprint density at radius 3 is 2.51 bits per heavy atom. The average Bonchev–Trinajstić information content (AvgIpc) is 3.70. The number of ether oxygens (including phenoxy) is 1. The van der Waals surface area contributed by atoms with Crippen LogP contribution in [0.5, 0.6) is 0 Å². The zero-order valence-electron chi connectivity index (χ0n) is 28.5. The first-order valence-corrected chi connectivity index (χ1v) is 19.1. The number of fused-ring (bicyclic) bond motifs is 5. The van der Waals surface area contributed by atoms with Crippen molar-refractivity contribution in [3.63, 3.8) is 0 Å². The lowest BCUT2D eigenvalue weighted by molar-refractivity contribution is 0.0792. The minimum atomic E-state index is -0.146. The summed E-state index contributed by atoms with van der Waals surface area (Å²) in [6.45, 7) is 0. The minimum absolute atomic E-state index is 0.143. The molecule has 1 fully saturated rings. The summed E-state index contributed by atoms with van der Waals surface area (Å²) < 4.78 is 6.76. The topological polar surface area (TPSA) is 12.5 Å². The van der Waals surface area contributed by atoms with Gasteiger partial charge in [-0.1, -0.05) is 122 Å². The molecule has 1 aliphatic heterocycles. The lowest BCUT2D eigenvalue weighted by atomic mass is 9.59. The van der Waals surface area contributed by atoms with Crippen LogP contribution in [-0.2, 0) is 10.2 Å². The van der Waals surface area contributed by atoms with Crippen molar-refractivity contribution in [1.82, 2.24) is 0 Å². The first kappa shape index (κ1) is 29.7. The normalized spacial score (nSPS) is 36.1. The van der Waals surface area contributed by atoms with Gasteiger partial charge in [-0.25, -0.2) is 0 Å². The van der Waals surface area contributed by atoms with Gasteiger partial charge in [0.05, 0.1) is 18.2 Å². The van der Waals surface area contributed by atoms with Crippen molar-refractivity contribution in [2.75, 3.05) is 4.90 Å². The van der Waals surface area contributed by atoms with Crippen LogP contribution in [0.25, 0.3) is 5.57 Å². The lowest BCUT2D eigenvalue weighted by Crippen LogP contribution is -2.51. The smallest absolute Gasteiger partial charge is 0.0834 e. The molecule has 0 radical (unpaired) electrons. The van der Waals surface area contributed by atoms with Crippen molar-refractivity contribution in [3.05, 3.63) is 167 Å². The highest BCUT2D eigenvalue weighted by atomic mass is 16.5. The molecule has 1 aromatic carbocycles. The highest BCUT2D eigenvalue weighted by Crippen LogP contribution is 2.60. The number of nitrogens with zero attached hydrogens (tertiary/aromatic N) is 1. The molecule has 1 saturated heterocycles. The summed E-state index contributed by atoms with van der Waals surface area (Å²) in [6.07, 6.45) is 55.9. The molecule has 8 atom stereocenters. The Kier molecular flexibility index (Phi) is 7.30. The van der Waals surface area contributed by atoms with Gasteiger partial charge in [0.2, 0.25) is 0 Å². The van der Waals surface area contributed by atoms with Crippen LogP contribution >= 0.6 is 0 Å². The van der Waals surface area contributed by atoms with Gasteiger partial charge in [-0.2, -0.15) is 0 Å². The van der Waals surface area contributed by atoms with Crippen molar-refractivity contribution >= 4 is 11.3 Å². The number of rotatable bonds is 5. The van der Waals surface area contributed by atoms with E-state index in [9.17, 15) is 0 Å². The van der Waals surface area contributed by atoms with E-state index in [1.807, 2.05) is 0 Å². The first-order valence-electron chi connectivity index (χ1n) is 19.1. The highest BCUT2D eigenvalue weighted by molar-refractivity contribution is 5.90. The fourth-order valence-electron chi connectivity index (χ4n) is 11.0. The molecular formula is C47H47NO. The molecule has 1 heterocycles. The quantitative estimate of drug-likeness (QED) is 0.297.